The summed E-state index contributed by atoms with van der Waals surface area (Å²) in [5.41, 5.74) is 0. The molecule has 0 aromatic heterocycles. The van der Waals surface area contributed by atoms with Crippen LogP contribution in [-0.4, -0.2) is 35.6 Å². The van der Waals surface area contributed by atoms with Gasteiger partial charge in [-0.15, -0.1) is 0 Å². The lowest BCUT2D eigenvalue weighted by Crippen LogP contribution is -2.22. The number of hydrogen-bond donors (Lipinski definition) is 1. The van der Waals surface area contributed by atoms with Gasteiger partial charge in [0.05, 0.1) is 13.2 Å². The second-order valence-corrected chi connectivity index (χ2v) is 2.71. The molecule has 0 aromatic rings. The molecule has 1 N–H and O–H groups in total. The predicted octanol–water partition coefficient (Wildman–Crippen LogP) is 0.793. The SMILES string of the molecule is CCOC(CO)OCCI. The highest BCUT2D eigenvalue weighted by molar-refractivity contribution is 14.1. The molecule has 0 bridgehead atoms. The maximum absolute atomic E-state index is 8.63. The number of aliphatic hydroxyl groups excluding tert-OH is 1. The molecule has 10 heavy (non-hydrogen) atoms. The summed E-state index contributed by atoms with van der Waals surface area (Å²) in [5, 5.41) is 8.63. The van der Waals surface area contributed by atoms with E-state index in [9.17, 15) is 0 Å². The molecule has 0 aliphatic rings. The van der Waals surface area contributed by atoms with E-state index in [-0.39, 0.29) is 6.61 Å². The number of rotatable bonds is 6. The van der Waals surface area contributed by atoms with Crippen LogP contribution in [-0.2, 0) is 9.47 Å². The highest BCUT2D eigenvalue weighted by Gasteiger charge is 2.04. The van der Waals surface area contributed by atoms with E-state index in [4.69, 9.17) is 14.6 Å². The van der Waals surface area contributed by atoms with Gasteiger partial charge in [-0.05, 0) is 6.92 Å². The third kappa shape index (κ3) is 5.40. The van der Waals surface area contributed by atoms with Crippen molar-refractivity contribution in [2.45, 2.75) is 13.2 Å². The van der Waals surface area contributed by atoms with Gasteiger partial charge in [-0.1, -0.05) is 22.6 Å². The zero-order valence-corrected chi connectivity index (χ0v) is 8.20. The highest BCUT2D eigenvalue weighted by Crippen LogP contribution is 1.94. The first-order valence-electron chi connectivity index (χ1n) is 3.25. The van der Waals surface area contributed by atoms with Crippen LogP contribution in [0.3, 0.4) is 0 Å². The maximum Gasteiger partial charge on any atom is 0.180 e. The van der Waals surface area contributed by atoms with Crippen molar-refractivity contribution >= 4 is 22.6 Å². The first-order valence-corrected chi connectivity index (χ1v) is 4.77. The van der Waals surface area contributed by atoms with Crippen molar-refractivity contribution in [1.82, 2.24) is 0 Å². The summed E-state index contributed by atoms with van der Waals surface area (Å²) in [4.78, 5) is 0. The largest absolute Gasteiger partial charge is 0.391 e. The average Bonchev–Trinajstić information content (AvgIpc) is 1.98. The lowest BCUT2D eigenvalue weighted by molar-refractivity contribution is -0.155. The van der Waals surface area contributed by atoms with Crippen LogP contribution in [0.1, 0.15) is 6.92 Å². The molecule has 4 heteroatoms. The highest BCUT2D eigenvalue weighted by atomic mass is 127. The minimum absolute atomic E-state index is 0.0650. The van der Waals surface area contributed by atoms with Crippen LogP contribution < -0.4 is 0 Å². The molecular weight excluding hydrogens is 247 g/mol. The molecule has 0 fully saturated rings. The maximum atomic E-state index is 8.63. The predicted molar refractivity (Wildman–Crippen MR) is 47.3 cm³/mol. The zero-order chi connectivity index (χ0) is 7.82. The number of ether oxygens (including phenoxy) is 2. The van der Waals surface area contributed by atoms with Crippen LogP contribution in [0.15, 0.2) is 0 Å². The van der Waals surface area contributed by atoms with Crippen LogP contribution in [0.5, 0.6) is 0 Å². The summed E-state index contributed by atoms with van der Waals surface area (Å²) in [6, 6.07) is 0. The molecule has 0 saturated heterocycles. The van der Waals surface area contributed by atoms with Gasteiger partial charge in [-0.3, -0.25) is 0 Å². The van der Waals surface area contributed by atoms with Crippen LogP contribution in [0.4, 0.5) is 0 Å². The van der Waals surface area contributed by atoms with E-state index in [0.29, 0.717) is 13.2 Å². The molecule has 0 amide bonds. The molecule has 0 aliphatic heterocycles. The minimum Gasteiger partial charge on any atom is -0.391 e. The van der Waals surface area contributed by atoms with Gasteiger partial charge in [0.1, 0.15) is 0 Å². The van der Waals surface area contributed by atoms with Crippen LogP contribution >= 0.6 is 22.6 Å². The molecule has 0 rings (SSSR count). The fourth-order valence-corrected chi connectivity index (χ4v) is 0.770. The fraction of sp³-hybridized carbons (Fsp3) is 1.00. The molecule has 0 radical (unpaired) electrons. The Kier molecular flexibility index (Phi) is 8.18. The second-order valence-electron chi connectivity index (χ2n) is 1.63. The van der Waals surface area contributed by atoms with Crippen molar-refractivity contribution in [2.24, 2.45) is 0 Å². The second kappa shape index (κ2) is 7.71. The minimum atomic E-state index is -0.431. The molecule has 62 valence electrons. The smallest absolute Gasteiger partial charge is 0.180 e. The summed E-state index contributed by atoms with van der Waals surface area (Å²) < 4.78 is 11.0. The Labute approximate surface area is 74.8 Å². The van der Waals surface area contributed by atoms with Crippen LogP contribution in [0.25, 0.3) is 0 Å². The van der Waals surface area contributed by atoms with E-state index in [1.54, 1.807) is 0 Å². The van der Waals surface area contributed by atoms with Crippen molar-refractivity contribution < 1.29 is 14.6 Å². The van der Waals surface area contributed by atoms with Crippen LogP contribution in [0, 0.1) is 0 Å². The Morgan fingerprint density at radius 3 is 2.60 bits per heavy atom. The first kappa shape index (κ1) is 10.6. The first-order chi connectivity index (χ1) is 4.85. The van der Waals surface area contributed by atoms with Crippen molar-refractivity contribution in [1.29, 1.82) is 0 Å². The van der Waals surface area contributed by atoms with E-state index in [0.717, 1.165) is 4.43 Å². The topological polar surface area (TPSA) is 38.7 Å². The van der Waals surface area contributed by atoms with E-state index in [2.05, 4.69) is 22.6 Å². The molecule has 0 spiro atoms. The quantitative estimate of drug-likeness (QED) is 0.436. The Morgan fingerprint density at radius 1 is 1.50 bits per heavy atom. The number of halogens is 1. The molecule has 0 aromatic carbocycles. The number of hydrogen-bond acceptors (Lipinski definition) is 3. The molecule has 0 aliphatic carbocycles. The fourth-order valence-electron chi connectivity index (χ4n) is 0.515. The van der Waals surface area contributed by atoms with Crippen molar-refractivity contribution in [2.75, 3.05) is 24.2 Å². The Morgan fingerprint density at radius 2 is 2.20 bits per heavy atom. The van der Waals surface area contributed by atoms with Gasteiger partial charge in [0, 0.05) is 11.0 Å². The van der Waals surface area contributed by atoms with Gasteiger partial charge in [0.15, 0.2) is 6.29 Å². The molecule has 1 unspecified atom stereocenters. The van der Waals surface area contributed by atoms with Crippen LogP contribution in [0.2, 0.25) is 0 Å². The van der Waals surface area contributed by atoms with Crippen molar-refractivity contribution in [3.8, 4) is 0 Å². The lowest BCUT2D eigenvalue weighted by Gasteiger charge is -2.13. The Bertz CT molecular complexity index is 70.0. The summed E-state index contributed by atoms with van der Waals surface area (Å²) in [7, 11) is 0. The summed E-state index contributed by atoms with van der Waals surface area (Å²) in [5.74, 6) is 0. The van der Waals surface area contributed by atoms with Gasteiger partial charge >= 0.3 is 0 Å². The number of alkyl halides is 1. The number of aliphatic hydroxyl groups is 1. The molecular formula is C6H13IO3. The van der Waals surface area contributed by atoms with Gasteiger partial charge in [0.25, 0.3) is 0 Å². The summed E-state index contributed by atoms with van der Waals surface area (Å²) >= 11 is 2.20. The lowest BCUT2D eigenvalue weighted by atomic mass is 10.6. The van der Waals surface area contributed by atoms with Gasteiger partial charge < -0.3 is 14.6 Å². The molecule has 0 saturated carbocycles. The molecule has 0 heterocycles. The van der Waals surface area contributed by atoms with Gasteiger partial charge in [-0.25, -0.2) is 0 Å². The van der Waals surface area contributed by atoms with E-state index in [1.165, 1.54) is 0 Å². The monoisotopic (exact) mass is 260 g/mol. The average molecular weight is 260 g/mol. The summed E-state index contributed by atoms with van der Waals surface area (Å²) in [6.45, 7) is 3.01. The normalized spacial score (nSPS) is 13.5. The van der Waals surface area contributed by atoms with Gasteiger partial charge in [-0.2, -0.15) is 0 Å². The summed E-state index contributed by atoms with van der Waals surface area (Å²) in [6.07, 6.45) is -0.431. The third-order valence-electron chi connectivity index (χ3n) is 0.883. The standard InChI is InChI=1S/C6H13IO3/c1-2-9-6(5-8)10-4-3-7/h6,8H,2-5H2,1H3. The zero-order valence-electron chi connectivity index (χ0n) is 6.05. The van der Waals surface area contributed by atoms with Crippen molar-refractivity contribution in [3.63, 3.8) is 0 Å². The van der Waals surface area contributed by atoms with E-state index >= 15 is 0 Å². The van der Waals surface area contributed by atoms with Crippen molar-refractivity contribution in [3.05, 3.63) is 0 Å². The van der Waals surface area contributed by atoms with E-state index in [1.807, 2.05) is 6.92 Å². The Balaban J connectivity index is 3.21. The molecule has 1 atom stereocenters. The Hall–Kier alpha value is 0.610. The van der Waals surface area contributed by atoms with E-state index < -0.39 is 6.29 Å². The van der Waals surface area contributed by atoms with Gasteiger partial charge in [0.2, 0.25) is 0 Å². The molecule has 3 nitrogen and oxygen atoms in total. The third-order valence-corrected chi connectivity index (χ3v) is 1.32.